The van der Waals surface area contributed by atoms with Gasteiger partial charge in [-0.3, -0.25) is 14.9 Å². The Kier molecular flexibility index (Phi) is 5.58. The molecule has 1 aliphatic rings. The molecule has 0 saturated heterocycles. The molecule has 4 rings (SSSR count). The third-order valence-corrected chi connectivity index (χ3v) is 5.56. The van der Waals surface area contributed by atoms with E-state index in [9.17, 15) is 9.59 Å². The van der Waals surface area contributed by atoms with E-state index in [4.69, 9.17) is 4.74 Å². The molecule has 2 aromatic carbocycles. The highest BCUT2D eigenvalue weighted by Gasteiger charge is 2.26. The standard InChI is InChI=1S/C22H20N4O3S/c1-14-20(15-8-10-17(29-2)11-9-15)23-22(30-14)24-21(28)18-12-13-19(27)26(25-18)16-6-4-3-5-7-16/h3-11H,12-13H2,1-2H3,(H,23,24,28). The Morgan fingerprint density at radius 2 is 1.83 bits per heavy atom. The highest BCUT2D eigenvalue weighted by Crippen LogP contribution is 2.31. The van der Waals surface area contributed by atoms with Gasteiger partial charge >= 0.3 is 0 Å². The molecular weight excluding hydrogens is 400 g/mol. The number of hydrogen-bond donors (Lipinski definition) is 1. The van der Waals surface area contributed by atoms with Crippen LogP contribution in [0.4, 0.5) is 10.8 Å². The zero-order valence-corrected chi connectivity index (χ0v) is 17.4. The molecule has 0 atom stereocenters. The number of para-hydroxylation sites is 1. The van der Waals surface area contributed by atoms with Crippen molar-refractivity contribution < 1.29 is 14.3 Å². The molecular formula is C22H20N4O3S. The van der Waals surface area contributed by atoms with Gasteiger partial charge in [-0.05, 0) is 43.3 Å². The fraction of sp³-hybridized carbons (Fsp3) is 0.182. The van der Waals surface area contributed by atoms with E-state index in [1.807, 2.05) is 49.4 Å². The van der Waals surface area contributed by atoms with Crippen LogP contribution in [-0.2, 0) is 9.59 Å². The van der Waals surface area contributed by atoms with E-state index in [0.717, 1.165) is 21.9 Å². The smallest absolute Gasteiger partial charge is 0.273 e. The van der Waals surface area contributed by atoms with E-state index in [-0.39, 0.29) is 18.2 Å². The average Bonchev–Trinajstić information content (AvgIpc) is 3.14. The zero-order valence-electron chi connectivity index (χ0n) is 16.6. The van der Waals surface area contributed by atoms with E-state index in [0.29, 0.717) is 23.0 Å². The van der Waals surface area contributed by atoms with Crippen LogP contribution < -0.4 is 15.1 Å². The normalized spacial score (nSPS) is 13.7. The summed E-state index contributed by atoms with van der Waals surface area (Å²) >= 11 is 1.40. The molecule has 8 heteroatoms. The number of nitrogens with zero attached hydrogens (tertiary/aromatic N) is 3. The fourth-order valence-electron chi connectivity index (χ4n) is 3.12. The second-order valence-electron chi connectivity index (χ2n) is 6.69. The molecule has 3 aromatic rings. The summed E-state index contributed by atoms with van der Waals surface area (Å²) in [6.45, 7) is 1.96. The van der Waals surface area contributed by atoms with Crippen molar-refractivity contribution in [1.29, 1.82) is 0 Å². The predicted octanol–water partition coefficient (Wildman–Crippen LogP) is 4.25. The lowest BCUT2D eigenvalue weighted by atomic mass is 10.1. The Hall–Kier alpha value is -3.52. The topological polar surface area (TPSA) is 83.9 Å². The Labute approximate surface area is 178 Å². The molecule has 2 amide bonds. The van der Waals surface area contributed by atoms with Crippen LogP contribution in [0.3, 0.4) is 0 Å². The molecule has 0 radical (unpaired) electrons. The molecule has 1 aromatic heterocycles. The first-order valence-corrected chi connectivity index (χ1v) is 10.3. The molecule has 0 saturated carbocycles. The summed E-state index contributed by atoms with van der Waals surface area (Å²) < 4.78 is 5.19. The van der Waals surface area contributed by atoms with Gasteiger partial charge in [0, 0.05) is 23.3 Å². The van der Waals surface area contributed by atoms with Gasteiger partial charge in [-0.1, -0.05) is 18.2 Å². The number of methoxy groups -OCH3 is 1. The van der Waals surface area contributed by atoms with Crippen molar-refractivity contribution in [1.82, 2.24) is 4.98 Å². The number of aryl methyl sites for hydroxylation is 1. The van der Waals surface area contributed by atoms with E-state index in [2.05, 4.69) is 15.4 Å². The Morgan fingerprint density at radius 1 is 1.10 bits per heavy atom. The first kappa shape index (κ1) is 19.8. The van der Waals surface area contributed by atoms with Crippen LogP contribution in [0.2, 0.25) is 0 Å². The van der Waals surface area contributed by atoms with Crippen LogP contribution in [0.1, 0.15) is 17.7 Å². The summed E-state index contributed by atoms with van der Waals surface area (Å²) in [7, 11) is 1.62. The summed E-state index contributed by atoms with van der Waals surface area (Å²) in [5, 5.41) is 8.89. The van der Waals surface area contributed by atoms with Crippen molar-refractivity contribution in [2.24, 2.45) is 5.10 Å². The number of ether oxygens (including phenoxy) is 1. The zero-order chi connectivity index (χ0) is 21.1. The number of hydrogen-bond acceptors (Lipinski definition) is 6. The molecule has 0 spiro atoms. The SMILES string of the molecule is COc1ccc(-c2nc(NC(=O)C3=NN(c4ccccc4)C(=O)CC3)sc2C)cc1. The van der Waals surface area contributed by atoms with Crippen LogP contribution in [-0.4, -0.2) is 29.6 Å². The number of hydrazone groups is 1. The largest absolute Gasteiger partial charge is 0.497 e. The van der Waals surface area contributed by atoms with Crippen LogP contribution >= 0.6 is 11.3 Å². The van der Waals surface area contributed by atoms with E-state index in [1.165, 1.54) is 16.3 Å². The van der Waals surface area contributed by atoms with Gasteiger partial charge in [0.15, 0.2) is 5.13 Å². The molecule has 0 bridgehead atoms. The quantitative estimate of drug-likeness (QED) is 0.669. The number of carbonyl (C=O) groups is 2. The van der Waals surface area contributed by atoms with Crippen LogP contribution in [0.15, 0.2) is 59.7 Å². The summed E-state index contributed by atoms with van der Waals surface area (Å²) in [6, 6.07) is 16.7. The van der Waals surface area contributed by atoms with Crippen LogP contribution in [0.25, 0.3) is 11.3 Å². The summed E-state index contributed by atoms with van der Waals surface area (Å²) in [5.41, 5.74) is 2.70. The lowest BCUT2D eigenvalue weighted by Gasteiger charge is -2.22. The van der Waals surface area contributed by atoms with E-state index in [1.54, 1.807) is 19.2 Å². The van der Waals surface area contributed by atoms with Gasteiger partial charge < -0.3 is 4.74 Å². The number of thiazole rings is 1. The van der Waals surface area contributed by atoms with Crippen molar-refractivity contribution in [2.75, 3.05) is 17.4 Å². The number of carbonyl (C=O) groups excluding carboxylic acids is 2. The molecule has 0 unspecified atom stereocenters. The molecule has 152 valence electrons. The van der Waals surface area contributed by atoms with Gasteiger partial charge in [0.05, 0.1) is 18.5 Å². The van der Waals surface area contributed by atoms with Crippen LogP contribution in [0.5, 0.6) is 5.75 Å². The molecule has 2 heterocycles. The van der Waals surface area contributed by atoms with Crippen molar-refractivity contribution in [3.63, 3.8) is 0 Å². The van der Waals surface area contributed by atoms with Crippen molar-refractivity contribution in [3.8, 4) is 17.0 Å². The van der Waals surface area contributed by atoms with Crippen molar-refractivity contribution >= 4 is 39.7 Å². The second-order valence-corrected chi connectivity index (χ2v) is 7.90. The number of amides is 2. The van der Waals surface area contributed by atoms with Gasteiger partial charge in [-0.2, -0.15) is 5.10 Å². The highest BCUT2D eigenvalue weighted by molar-refractivity contribution is 7.16. The number of benzene rings is 2. The Balaban J connectivity index is 1.53. The molecule has 7 nitrogen and oxygen atoms in total. The molecule has 1 aliphatic heterocycles. The summed E-state index contributed by atoms with van der Waals surface area (Å²) in [6.07, 6.45) is 0.527. The Morgan fingerprint density at radius 3 is 2.53 bits per heavy atom. The van der Waals surface area contributed by atoms with Gasteiger partial charge in [-0.15, -0.1) is 11.3 Å². The number of anilines is 2. The van der Waals surface area contributed by atoms with Crippen molar-refractivity contribution in [2.45, 2.75) is 19.8 Å². The third-order valence-electron chi connectivity index (χ3n) is 4.68. The van der Waals surface area contributed by atoms with E-state index >= 15 is 0 Å². The molecule has 30 heavy (non-hydrogen) atoms. The van der Waals surface area contributed by atoms with Gasteiger partial charge in [0.2, 0.25) is 5.91 Å². The minimum atomic E-state index is -0.349. The van der Waals surface area contributed by atoms with Gasteiger partial charge in [0.25, 0.3) is 5.91 Å². The monoisotopic (exact) mass is 420 g/mol. The Bertz CT molecular complexity index is 1110. The predicted molar refractivity (Wildman–Crippen MR) is 118 cm³/mol. The maximum absolute atomic E-state index is 12.8. The minimum Gasteiger partial charge on any atom is -0.497 e. The number of aromatic nitrogens is 1. The first-order chi connectivity index (χ1) is 14.5. The maximum atomic E-state index is 12.8. The van der Waals surface area contributed by atoms with E-state index < -0.39 is 0 Å². The average molecular weight is 420 g/mol. The van der Waals surface area contributed by atoms with Crippen molar-refractivity contribution in [3.05, 3.63) is 59.5 Å². The second kappa shape index (κ2) is 8.46. The first-order valence-electron chi connectivity index (χ1n) is 9.44. The number of nitrogens with one attached hydrogen (secondary N) is 1. The summed E-state index contributed by atoms with van der Waals surface area (Å²) in [5.74, 6) is 0.288. The summed E-state index contributed by atoms with van der Waals surface area (Å²) in [4.78, 5) is 30.6. The number of rotatable bonds is 5. The maximum Gasteiger partial charge on any atom is 0.273 e. The molecule has 1 N–H and O–H groups in total. The third kappa shape index (κ3) is 4.08. The van der Waals surface area contributed by atoms with Gasteiger partial charge in [-0.25, -0.2) is 9.99 Å². The fourth-order valence-corrected chi connectivity index (χ4v) is 3.95. The lowest BCUT2D eigenvalue weighted by Crippen LogP contribution is -2.36. The lowest BCUT2D eigenvalue weighted by molar-refractivity contribution is -0.118. The van der Waals surface area contributed by atoms with Crippen LogP contribution in [0, 0.1) is 6.92 Å². The van der Waals surface area contributed by atoms with Gasteiger partial charge in [0.1, 0.15) is 11.5 Å². The molecule has 0 fully saturated rings. The highest BCUT2D eigenvalue weighted by atomic mass is 32.1. The minimum absolute atomic E-state index is 0.135. The molecule has 0 aliphatic carbocycles.